The number of hydrogen-bond acceptors (Lipinski definition) is 3. The van der Waals surface area contributed by atoms with Crippen LogP contribution in [0.2, 0.25) is 0 Å². The van der Waals surface area contributed by atoms with Crippen molar-refractivity contribution < 1.29 is 14.7 Å². The van der Waals surface area contributed by atoms with E-state index in [1.807, 2.05) is 0 Å². The van der Waals surface area contributed by atoms with E-state index in [0.29, 0.717) is 18.5 Å². The minimum absolute atomic E-state index is 0.236. The Bertz CT molecular complexity index is 478. The maximum absolute atomic E-state index is 12.0. The molecule has 0 aliphatic heterocycles. The summed E-state index contributed by atoms with van der Waals surface area (Å²) in [4.78, 5) is 27.0. The molecule has 1 amide bonds. The van der Waals surface area contributed by atoms with E-state index < -0.39 is 17.8 Å². The molecule has 2 rings (SSSR count). The highest BCUT2D eigenvalue weighted by Crippen LogP contribution is 2.32. The van der Waals surface area contributed by atoms with E-state index in [2.05, 4.69) is 26.2 Å². The number of hydrogen-bond donors (Lipinski definition) is 2. The first kappa shape index (κ1) is 13.0. The van der Waals surface area contributed by atoms with Crippen molar-refractivity contribution in [2.24, 2.45) is 11.8 Å². The van der Waals surface area contributed by atoms with Crippen LogP contribution in [0, 0.1) is 11.8 Å². The first-order valence-corrected chi connectivity index (χ1v) is 6.51. The molecular weight excluding hydrogens is 300 g/mol. The first-order valence-electron chi connectivity index (χ1n) is 5.72. The van der Waals surface area contributed by atoms with Gasteiger partial charge in [-0.25, -0.2) is 0 Å². The van der Waals surface area contributed by atoms with Gasteiger partial charge in [0.15, 0.2) is 0 Å². The zero-order valence-electron chi connectivity index (χ0n) is 9.60. The molecule has 1 aromatic rings. The molecule has 6 heteroatoms. The fourth-order valence-electron chi connectivity index (χ4n) is 2.28. The van der Waals surface area contributed by atoms with E-state index >= 15 is 0 Å². The van der Waals surface area contributed by atoms with Crippen molar-refractivity contribution >= 4 is 33.5 Å². The molecule has 2 unspecified atom stereocenters. The van der Waals surface area contributed by atoms with Crippen molar-refractivity contribution in [2.75, 3.05) is 5.32 Å². The van der Waals surface area contributed by atoms with Crippen LogP contribution in [0.25, 0.3) is 0 Å². The van der Waals surface area contributed by atoms with Crippen LogP contribution in [0.5, 0.6) is 0 Å². The zero-order valence-corrected chi connectivity index (χ0v) is 11.2. The molecule has 2 N–H and O–H groups in total. The predicted molar refractivity (Wildman–Crippen MR) is 69.0 cm³/mol. The van der Waals surface area contributed by atoms with Crippen LogP contribution in [-0.4, -0.2) is 22.0 Å². The maximum Gasteiger partial charge on any atom is 0.307 e. The summed E-state index contributed by atoms with van der Waals surface area (Å²) >= 11 is 3.26. The number of anilines is 1. The van der Waals surface area contributed by atoms with Crippen LogP contribution >= 0.6 is 15.9 Å². The Labute approximate surface area is 113 Å². The van der Waals surface area contributed by atoms with Gasteiger partial charge in [-0.15, -0.1) is 0 Å². The number of nitrogens with one attached hydrogen (secondary N) is 1. The van der Waals surface area contributed by atoms with Crippen LogP contribution < -0.4 is 5.32 Å². The number of carbonyl (C=O) groups is 2. The van der Waals surface area contributed by atoms with Crippen molar-refractivity contribution in [3.05, 3.63) is 22.9 Å². The summed E-state index contributed by atoms with van der Waals surface area (Å²) in [5, 5.41) is 11.8. The number of carbonyl (C=O) groups excluding carboxylic acids is 1. The fraction of sp³-hybridized carbons (Fsp3) is 0.417. The lowest BCUT2D eigenvalue weighted by molar-refractivity contribution is -0.145. The smallest absolute Gasteiger partial charge is 0.307 e. The fourth-order valence-corrected chi connectivity index (χ4v) is 2.65. The van der Waals surface area contributed by atoms with Crippen LogP contribution in [0.1, 0.15) is 19.3 Å². The van der Waals surface area contributed by atoms with Crippen molar-refractivity contribution in [2.45, 2.75) is 19.3 Å². The van der Waals surface area contributed by atoms with E-state index in [9.17, 15) is 9.59 Å². The normalized spacial score (nSPS) is 22.7. The summed E-state index contributed by atoms with van der Waals surface area (Å²) in [6.45, 7) is 0. The predicted octanol–water partition coefficient (Wildman–Crippen LogP) is 2.28. The lowest BCUT2D eigenvalue weighted by Crippen LogP contribution is -2.30. The Balaban J connectivity index is 2.06. The highest BCUT2D eigenvalue weighted by Gasteiger charge is 2.37. The van der Waals surface area contributed by atoms with Gasteiger partial charge in [0.05, 0.1) is 23.7 Å². The second kappa shape index (κ2) is 5.48. The van der Waals surface area contributed by atoms with Gasteiger partial charge in [0.25, 0.3) is 0 Å². The van der Waals surface area contributed by atoms with Gasteiger partial charge < -0.3 is 10.4 Å². The van der Waals surface area contributed by atoms with Gasteiger partial charge in [-0.2, -0.15) is 0 Å². The number of aromatic nitrogens is 1. The molecule has 1 aromatic heterocycles. The average Bonchev–Trinajstić information content (AvgIpc) is 2.77. The molecule has 5 nitrogen and oxygen atoms in total. The van der Waals surface area contributed by atoms with Crippen molar-refractivity contribution in [1.82, 2.24) is 4.98 Å². The molecule has 1 fully saturated rings. The molecule has 2 atom stereocenters. The molecule has 1 aliphatic carbocycles. The summed E-state index contributed by atoms with van der Waals surface area (Å²) in [5.41, 5.74) is 0.574. The van der Waals surface area contributed by atoms with E-state index in [1.54, 1.807) is 12.3 Å². The number of halogens is 1. The van der Waals surface area contributed by atoms with Crippen LogP contribution in [0.4, 0.5) is 5.69 Å². The number of nitrogens with zero attached hydrogens (tertiary/aromatic N) is 1. The molecule has 0 radical (unpaired) electrons. The van der Waals surface area contributed by atoms with Gasteiger partial charge in [-0.05, 0) is 34.8 Å². The molecule has 18 heavy (non-hydrogen) atoms. The number of amides is 1. The third-order valence-electron chi connectivity index (χ3n) is 3.14. The second-order valence-electron chi connectivity index (χ2n) is 4.36. The summed E-state index contributed by atoms with van der Waals surface area (Å²) in [6, 6.07) is 1.73. The largest absolute Gasteiger partial charge is 0.481 e. The molecule has 0 spiro atoms. The number of carboxylic acid groups (broad SMARTS) is 1. The Morgan fingerprint density at radius 1 is 1.33 bits per heavy atom. The molecule has 0 bridgehead atoms. The number of aliphatic carboxylic acids is 1. The van der Waals surface area contributed by atoms with Crippen LogP contribution in [0.3, 0.4) is 0 Å². The molecule has 1 aliphatic rings. The molecule has 0 saturated heterocycles. The quantitative estimate of drug-likeness (QED) is 0.897. The minimum Gasteiger partial charge on any atom is -0.481 e. The third kappa shape index (κ3) is 2.87. The average molecular weight is 313 g/mol. The maximum atomic E-state index is 12.0. The van der Waals surface area contributed by atoms with Gasteiger partial charge in [-0.3, -0.25) is 14.6 Å². The second-order valence-corrected chi connectivity index (χ2v) is 5.28. The molecule has 1 heterocycles. The van der Waals surface area contributed by atoms with Crippen LogP contribution in [0.15, 0.2) is 22.9 Å². The third-order valence-corrected chi connectivity index (χ3v) is 3.58. The summed E-state index contributed by atoms with van der Waals surface area (Å²) in [5.74, 6) is -2.13. The summed E-state index contributed by atoms with van der Waals surface area (Å²) < 4.78 is 0.765. The SMILES string of the molecule is O=C(O)C1CCCC1C(=O)Nc1cncc(Br)c1. The number of pyridine rings is 1. The van der Waals surface area contributed by atoms with Gasteiger partial charge in [0.2, 0.25) is 5.91 Å². The van der Waals surface area contributed by atoms with Crippen LogP contribution in [-0.2, 0) is 9.59 Å². The summed E-state index contributed by atoms with van der Waals surface area (Å²) in [6.07, 6.45) is 5.14. The molecule has 0 aromatic carbocycles. The Morgan fingerprint density at radius 2 is 2.06 bits per heavy atom. The first-order chi connectivity index (χ1) is 8.58. The zero-order chi connectivity index (χ0) is 13.1. The van der Waals surface area contributed by atoms with Gasteiger partial charge in [-0.1, -0.05) is 6.42 Å². The highest BCUT2D eigenvalue weighted by molar-refractivity contribution is 9.10. The lowest BCUT2D eigenvalue weighted by Gasteiger charge is -2.15. The molecule has 1 saturated carbocycles. The Morgan fingerprint density at radius 3 is 2.72 bits per heavy atom. The standard InChI is InChI=1S/C12H13BrN2O3/c13-7-4-8(6-14-5-7)15-11(16)9-2-1-3-10(9)12(17)18/h4-6,9-10H,1-3H2,(H,15,16)(H,17,18). The van der Waals surface area contributed by atoms with Gasteiger partial charge >= 0.3 is 5.97 Å². The molecule has 96 valence electrons. The van der Waals surface area contributed by atoms with E-state index in [1.165, 1.54) is 6.20 Å². The van der Waals surface area contributed by atoms with E-state index in [4.69, 9.17) is 5.11 Å². The van der Waals surface area contributed by atoms with E-state index in [-0.39, 0.29) is 5.91 Å². The molecular formula is C12H13BrN2O3. The number of rotatable bonds is 3. The van der Waals surface area contributed by atoms with Gasteiger partial charge in [0.1, 0.15) is 0 Å². The Kier molecular flexibility index (Phi) is 3.96. The number of carboxylic acids is 1. The van der Waals surface area contributed by atoms with Crippen molar-refractivity contribution in [1.29, 1.82) is 0 Å². The monoisotopic (exact) mass is 312 g/mol. The van der Waals surface area contributed by atoms with Crippen molar-refractivity contribution in [3.8, 4) is 0 Å². The Hall–Kier alpha value is -1.43. The highest BCUT2D eigenvalue weighted by atomic mass is 79.9. The van der Waals surface area contributed by atoms with Crippen molar-refractivity contribution in [3.63, 3.8) is 0 Å². The lowest BCUT2D eigenvalue weighted by atomic mass is 9.95. The van der Waals surface area contributed by atoms with Gasteiger partial charge in [0, 0.05) is 10.7 Å². The van der Waals surface area contributed by atoms with E-state index in [0.717, 1.165) is 10.9 Å². The minimum atomic E-state index is -0.889. The summed E-state index contributed by atoms with van der Waals surface area (Å²) in [7, 11) is 0. The topological polar surface area (TPSA) is 79.3 Å².